The number of nitrogens with one attached hydrogen (secondary N) is 1. The summed E-state index contributed by atoms with van der Waals surface area (Å²) in [5.74, 6) is 0. The van der Waals surface area contributed by atoms with Gasteiger partial charge in [0, 0.05) is 11.0 Å². The molecule has 0 saturated carbocycles. The number of benzene rings is 1. The summed E-state index contributed by atoms with van der Waals surface area (Å²) in [6.07, 6.45) is 0. The molecule has 0 saturated heterocycles. The van der Waals surface area contributed by atoms with Crippen LogP contribution in [0.15, 0.2) is 22.7 Å². The van der Waals surface area contributed by atoms with E-state index in [1.54, 1.807) is 0 Å². The number of hydrogen-bond acceptors (Lipinski definition) is 1. The minimum Gasteiger partial charge on any atom is -0.316 e. The number of hydrogen-bond donors (Lipinski definition) is 1. The summed E-state index contributed by atoms with van der Waals surface area (Å²) >= 11 is 3.49. The van der Waals surface area contributed by atoms with Crippen LogP contribution in [0.2, 0.25) is 0 Å². The Bertz CT molecular complexity index is 250. The van der Waals surface area contributed by atoms with Gasteiger partial charge in [-0.2, -0.15) is 0 Å². The minimum atomic E-state index is 0. The monoisotopic (exact) mass is 249 g/mol. The van der Waals surface area contributed by atoms with Crippen molar-refractivity contribution >= 4 is 28.3 Å². The summed E-state index contributed by atoms with van der Waals surface area (Å²) in [4.78, 5) is 0. The van der Waals surface area contributed by atoms with Crippen LogP contribution < -0.4 is 5.32 Å². The maximum atomic E-state index is 3.49. The first-order valence-electron chi connectivity index (χ1n) is 3.63. The second kappa shape index (κ2) is 5.57. The van der Waals surface area contributed by atoms with Crippen molar-refractivity contribution in [1.82, 2.24) is 5.32 Å². The first kappa shape index (κ1) is 11.9. The van der Waals surface area contributed by atoms with Gasteiger partial charge in [0.15, 0.2) is 0 Å². The van der Waals surface area contributed by atoms with Gasteiger partial charge in [0.1, 0.15) is 0 Å². The van der Waals surface area contributed by atoms with E-state index in [2.05, 4.69) is 46.4 Å². The summed E-state index contributed by atoms with van der Waals surface area (Å²) < 4.78 is 1.18. The average Bonchev–Trinajstić information content (AvgIpc) is 1.98. The Morgan fingerprint density at radius 1 is 1.42 bits per heavy atom. The minimum absolute atomic E-state index is 0. The van der Waals surface area contributed by atoms with E-state index in [1.807, 2.05) is 7.05 Å². The Hall–Kier alpha value is -0.0500. The molecule has 0 amide bonds. The molecule has 3 heteroatoms. The lowest BCUT2D eigenvalue weighted by Crippen LogP contribution is -2.05. The highest BCUT2D eigenvalue weighted by Gasteiger charge is 1.96. The third-order valence-corrected chi connectivity index (χ3v) is 2.34. The second-order valence-corrected chi connectivity index (χ2v) is 3.48. The standard InChI is InChI=1S/C9H12BrN.ClH/c1-7-3-4-9(10)8(5-7)6-11-2;/h3-5,11H,6H2,1-2H3;1H. The second-order valence-electron chi connectivity index (χ2n) is 2.63. The molecule has 0 spiro atoms. The van der Waals surface area contributed by atoms with Crippen LogP contribution in [-0.4, -0.2) is 7.05 Å². The van der Waals surface area contributed by atoms with Crippen molar-refractivity contribution in [3.8, 4) is 0 Å². The molecule has 0 bridgehead atoms. The molecule has 0 aliphatic rings. The van der Waals surface area contributed by atoms with E-state index < -0.39 is 0 Å². The summed E-state index contributed by atoms with van der Waals surface area (Å²) in [6, 6.07) is 6.37. The SMILES string of the molecule is CNCc1cc(C)ccc1Br.Cl. The topological polar surface area (TPSA) is 12.0 Å². The summed E-state index contributed by atoms with van der Waals surface area (Å²) in [5, 5.41) is 3.12. The van der Waals surface area contributed by atoms with E-state index in [9.17, 15) is 0 Å². The molecule has 1 rings (SSSR count). The van der Waals surface area contributed by atoms with Gasteiger partial charge in [-0.3, -0.25) is 0 Å². The van der Waals surface area contributed by atoms with Crippen LogP contribution in [0.3, 0.4) is 0 Å². The van der Waals surface area contributed by atoms with Gasteiger partial charge in [-0.05, 0) is 25.6 Å². The lowest BCUT2D eigenvalue weighted by Gasteiger charge is -2.03. The smallest absolute Gasteiger partial charge is 0.0220 e. The zero-order valence-electron chi connectivity index (χ0n) is 7.23. The molecule has 1 aromatic rings. The van der Waals surface area contributed by atoms with Crippen molar-refractivity contribution < 1.29 is 0 Å². The summed E-state index contributed by atoms with van der Waals surface area (Å²) in [6.45, 7) is 3.02. The Balaban J connectivity index is 0.00000121. The third-order valence-electron chi connectivity index (χ3n) is 1.57. The lowest BCUT2D eigenvalue weighted by atomic mass is 10.1. The van der Waals surface area contributed by atoms with Gasteiger partial charge in [-0.1, -0.05) is 33.6 Å². The normalized spacial score (nSPS) is 9.25. The van der Waals surface area contributed by atoms with Gasteiger partial charge in [-0.15, -0.1) is 12.4 Å². The van der Waals surface area contributed by atoms with Gasteiger partial charge >= 0.3 is 0 Å². The first-order chi connectivity index (χ1) is 5.24. The van der Waals surface area contributed by atoms with Crippen LogP contribution in [0, 0.1) is 6.92 Å². The van der Waals surface area contributed by atoms with E-state index in [4.69, 9.17) is 0 Å². The quantitative estimate of drug-likeness (QED) is 0.851. The number of halogens is 2. The van der Waals surface area contributed by atoms with E-state index in [0.29, 0.717) is 0 Å². The Labute approximate surface area is 88.1 Å². The lowest BCUT2D eigenvalue weighted by molar-refractivity contribution is 0.813. The highest BCUT2D eigenvalue weighted by Crippen LogP contribution is 2.17. The van der Waals surface area contributed by atoms with Crippen LogP contribution in [0.25, 0.3) is 0 Å². The van der Waals surface area contributed by atoms with Crippen LogP contribution in [0.4, 0.5) is 0 Å². The Morgan fingerprint density at radius 3 is 2.67 bits per heavy atom. The largest absolute Gasteiger partial charge is 0.316 e. The molecule has 0 unspecified atom stereocenters. The Morgan fingerprint density at radius 2 is 2.08 bits per heavy atom. The maximum Gasteiger partial charge on any atom is 0.0220 e. The molecule has 12 heavy (non-hydrogen) atoms. The number of aryl methyl sites for hydroxylation is 1. The third kappa shape index (κ3) is 3.13. The molecule has 0 aliphatic heterocycles. The summed E-state index contributed by atoms with van der Waals surface area (Å²) in [7, 11) is 1.95. The molecule has 0 radical (unpaired) electrons. The number of rotatable bonds is 2. The van der Waals surface area contributed by atoms with Crippen molar-refractivity contribution in [2.45, 2.75) is 13.5 Å². The van der Waals surface area contributed by atoms with Crippen molar-refractivity contribution in [1.29, 1.82) is 0 Å². The van der Waals surface area contributed by atoms with Crippen molar-refractivity contribution in [2.24, 2.45) is 0 Å². The molecule has 0 aliphatic carbocycles. The zero-order valence-corrected chi connectivity index (χ0v) is 9.63. The fraction of sp³-hybridized carbons (Fsp3) is 0.333. The molecular weight excluding hydrogens is 237 g/mol. The highest BCUT2D eigenvalue weighted by atomic mass is 79.9. The van der Waals surface area contributed by atoms with E-state index in [1.165, 1.54) is 15.6 Å². The molecule has 0 aromatic heterocycles. The van der Waals surface area contributed by atoms with Gasteiger partial charge in [-0.25, -0.2) is 0 Å². The van der Waals surface area contributed by atoms with Crippen molar-refractivity contribution in [3.05, 3.63) is 33.8 Å². The van der Waals surface area contributed by atoms with Crippen LogP contribution in [0.5, 0.6) is 0 Å². The molecule has 1 aromatic carbocycles. The highest BCUT2D eigenvalue weighted by molar-refractivity contribution is 9.10. The van der Waals surface area contributed by atoms with E-state index in [0.717, 1.165) is 6.54 Å². The van der Waals surface area contributed by atoms with Gasteiger partial charge in [0.05, 0.1) is 0 Å². The van der Waals surface area contributed by atoms with Crippen molar-refractivity contribution in [3.63, 3.8) is 0 Å². The molecule has 1 N–H and O–H groups in total. The maximum absolute atomic E-state index is 3.49. The fourth-order valence-corrected chi connectivity index (χ4v) is 1.42. The van der Waals surface area contributed by atoms with Crippen LogP contribution >= 0.6 is 28.3 Å². The average molecular weight is 251 g/mol. The van der Waals surface area contributed by atoms with E-state index in [-0.39, 0.29) is 12.4 Å². The Kier molecular flexibility index (Phi) is 5.55. The van der Waals surface area contributed by atoms with Gasteiger partial charge in [0.25, 0.3) is 0 Å². The molecule has 1 nitrogen and oxygen atoms in total. The van der Waals surface area contributed by atoms with Gasteiger partial charge < -0.3 is 5.32 Å². The van der Waals surface area contributed by atoms with Gasteiger partial charge in [0.2, 0.25) is 0 Å². The fourth-order valence-electron chi connectivity index (χ4n) is 1.03. The molecule has 0 fully saturated rings. The van der Waals surface area contributed by atoms with Crippen molar-refractivity contribution in [2.75, 3.05) is 7.05 Å². The summed E-state index contributed by atoms with van der Waals surface area (Å²) in [5.41, 5.74) is 2.62. The van der Waals surface area contributed by atoms with E-state index >= 15 is 0 Å². The van der Waals surface area contributed by atoms with Crippen LogP contribution in [-0.2, 0) is 6.54 Å². The molecule has 68 valence electrons. The molecule has 0 atom stereocenters. The van der Waals surface area contributed by atoms with Crippen LogP contribution in [0.1, 0.15) is 11.1 Å². The molecule has 0 heterocycles. The first-order valence-corrected chi connectivity index (χ1v) is 4.43. The molecular formula is C9H13BrClN. The predicted molar refractivity (Wildman–Crippen MR) is 58.9 cm³/mol. The zero-order chi connectivity index (χ0) is 8.27. The predicted octanol–water partition coefficient (Wildman–Crippen LogP) is 2.90.